The largest absolute Gasteiger partial charge is 0.385 e. The van der Waals surface area contributed by atoms with Gasteiger partial charge in [-0.1, -0.05) is 5.16 Å². The number of nitrogens with zero attached hydrogens (tertiary/aromatic N) is 4. The van der Waals surface area contributed by atoms with Crippen LogP contribution in [0.1, 0.15) is 18.4 Å². The van der Waals surface area contributed by atoms with Crippen molar-refractivity contribution in [3.63, 3.8) is 0 Å². The van der Waals surface area contributed by atoms with Gasteiger partial charge in [0.25, 0.3) is 0 Å². The normalized spacial score (nSPS) is 12.9. The SMILES string of the molecule is COCCC(N)c1nc(-c2cn[nH]n2)no1. The van der Waals surface area contributed by atoms with Crippen molar-refractivity contribution in [2.45, 2.75) is 12.5 Å². The van der Waals surface area contributed by atoms with Crippen molar-refractivity contribution in [2.75, 3.05) is 13.7 Å². The second-order valence-corrected chi connectivity index (χ2v) is 3.20. The van der Waals surface area contributed by atoms with E-state index in [1.165, 1.54) is 6.20 Å². The predicted octanol–water partition coefficient (Wildman–Crippen LogP) is -0.109. The number of aromatic nitrogens is 5. The highest BCUT2D eigenvalue weighted by Gasteiger charge is 2.16. The molecule has 0 bridgehead atoms. The number of nitrogens with two attached hydrogens (primary N) is 1. The average Bonchev–Trinajstić information content (AvgIpc) is 2.94. The van der Waals surface area contributed by atoms with Crippen LogP contribution in [0.2, 0.25) is 0 Å². The molecule has 0 aliphatic heterocycles. The van der Waals surface area contributed by atoms with E-state index in [9.17, 15) is 0 Å². The van der Waals surface area contributed by atoms with E-state index in [0.29, 0.717) is 30.4 Å². The van der Waals surface area contributed by atoms with Crippen LogP contribution in [-0.2, 0) is 4.74 Å². The number of H-pyrrole nitrogens is 1. The molecule has 0 radical (unpaired) electrons. The minimum atomic E-state index is -0.326. The fraction of sp³-hybridized carbons (Fsp3) is 0.500. The molecule has 8 nitrogen and oxygen atoms in total. The molecule has 0 aliphatic carbocycles. The molecular formula is C8H12N6O2. The van der Waals surface area contributed by atoms with Crippen molar-refractivity contribution in [3.8, 4) is 11.5 Å². The van der Waals surface area contributed by atoms with Gasteiger partial charge in [-0.25, -0.2) is 0 Å². The molecule has 86 valence electrons. The Labute approximate surface area is 91.2 Å². The van der Waals surface area contributed by atoms with Gasteiger partial charge in [-0.2, -0.15) is 20.4 Å². The summed E-state index contributed by atoms with van der Waals surface area (Å²) in [6.45, 7) is 0.544. The molecule has 0 fully saturated rings. The molecular weight excluding hydrogens is 212 g/mol. The molecule has 2 aromatic rings. The molecule has 0 saturated heterocycles. The van der Waals surface area contributed by atoms with Crippen molar-refractivity contribution in [1.29, 1.82) is 0 Å². The standard InChI is InChI=1S/C8H12N6O2/c1-15-3-2-5(9)8-11-7(13-16-8)6-4-10-14-12-6/h4-5H,2-3,9H2,1H3,(H,10,12,14). The lowest BCUT2D eigenvalue weighted by Crippen LogP contribution is -2.12. The fourth-order valence-corrected chi connectivity index (χ4v) is 1.17. The molecule has 8 heteroatoms. The maximum atomic E-state index is 5.83. The highest BCUT2D eigenvalue weighted by Crippen LogP contribution is 2.16. The van der Waals surface area contributed by atoms with Crippen LogP contribution in [0.5, 0.6) is 0 Å². The number of ether oxygens (including phenoxy) is 1. The van der Waals surface area contributed by atoms with Crippen molar-refractivity contribution < 1.29 is 9.26 Å². The third-order valence-electron chi connectivity index (χ3n) is 2.04. The summed E-state index contributed by atoms with van der Waals surface area (Å²) in [5.41, 5.74) is 6.35. The molecule has 2 heterocycles. The van der Waals surface area contributed by atoms with E-state index in [1.807, 2.05) is 0 Å². The van der Waals surface area contributed by atoms with Gasteiger partial charge < -0.3 is 15.0 Å². The molecule has 1 unspecified atom stereocenters. The molecule has 16 heavy (non-hydrogen) atoms. The zero-order valence-corrected chi connectivity index (χ0v) is 8.75. The van der Waals surface area contributed by atoms with Crippen LogP contribution < -0.4 is 5.73 Å². The maximum absolute atomic E-state index is 5.83. The molecule has 0 spiro atoms. The van der Waals surface area contributed by atoms with E-state index in [1.54, 1.807) is 7.11 Å². The summed E-state index contributed by atoms with van der Waals surface area (Å²) in [4.78, 5) is 4.12. The van der Waals surface area contributed by atoms with Gasteiger partial charge in [-0.15, -0.1) is 0 Å². The molecule has 2 aromatic heterocycles. The average molecular weight is 224 g/mol. The first kappa shape index (κ1) is 10.7. The van der Waals surface area contributed by atoms with Crippen molar-refractivity contribution in [1.82, 2.24) is 25.6 Å². The van der Waals surface area contributed by atoms with Gasteiger partial charge in [0, 0.05) is 13.7 Å². The zero-order valence-electron chi connectivity index (χ0n) is 8.75. The van der Waals surface area contributed by atoms with Gasteiger partial charge in [0.1, 0.15) is 0 Å². The highest BCUT2D eigenvalue weighted by atomic mass is 16.5. The van der Waals surface area contributed by atoms with Gasteiger partial charge in [0.05, 0.1) is 12.2 Å². The minimum Gasteiger partial charge on any atom is -0.385 e. The fourth-order valence-electron chi connectivity index (χ4n) is 1.17. The van der Waals surface area contributed by atoms with Crippen LogP contribution in [0.25, 0.3) is 11.5 Å². The molecule has 0 saturated carbocycles. The Hall–Kier alpha value is -1.80. The maximum Gasteiger partial charge on any atom is 0.244 e. The molecule has 0 amide bonds. The number of hydrogen-bond donors (Lipinski definition) is 2. The monoisotopic (exact) mass is 224 g/mol. The molecule has 1 atom stereocenters. The Morgan fingerprint density at radius 2 is 2.50 bits per heavy atom. The lowest BCUT2D eigenvalue weighted by atomic mass is 10.2. The minimum absolute atomic E-state index is 0.326. The molecule has 2 rings (SSSR count). The Morgan fingerprint density at radius 1 is 1.62 bits per heavy atom. The van der Waals surface area contributed by atoms with Crippen LogP contribution in [-0.4, -0.2) is 39.3 Å². The van der Waals surface area contributed by atoms with E-state index in [2.05, 4.69) is 25.6 Å². The Kier molecular flexibility index (Phi) is 3.22. The summed E-state index contributed by atoms with van der Waals surface area (Å²) >= 11 is 0. The van der Waals surface area contributed by atoms with Crippen LogP contribution in [0.3, 0.4) is 0 Å². The van der Waals surface area contributed by atoms with Gasteiger partial charge in [-0.3, -0.25) is 0 Å². The molecule has 0 aliphatic rings. The zero-order chi connectivity index (χ0) is 11.4. The van der Waals surface area contributed by atoms with E-state index >= 15 is 0 Å². The van der Waals surface area contributed by atoms with Crippen molar-refractivity contribution in [3.05, 3.63) is 12.1 Å². The highest BCUT2D eigenvalue weighted by molar-refractivity contribution is 5.44. The van der Waals surface area contributed by atoms with Crippen LogP contribution in [0.15, 0.2) is 10.7 Å². The van der Waals surface area contributed by atoms with Crippen LogP contribution in [0.4, 0.5) is 0 Å². The molecule has 3 N–H and O–H groups in total. The van der Waals surface area contributed by atoms with E-state index < -0.39 is 0 Å². The van der Waals surface area contributed by atoms with E-state index in [0.717, 1.165) is 0 Å². The number of hydrogen-bond acceptors (Lipinski definition) is 7. The second kappa shape index (κ2) is 4.81. The predicted molar refractivity (Wildman–Crippen MR) is 53.1 cm³/mol. The van der Waals surface area contributed by atoms with Crippen molar-refractivity contribution >= 4 is 0 Å². The van der Waals surface area contributed by atoms with Gasteiger partial charge in [-0.05, 0) is 6.42 Å². The van der Waals surface area contributed by atoms with Gasteiger partial charge in [0.15, 0.2) is 5.69 Å². The summed E-state index contributed by atoms with van der Waals surface area (Å²) in [6, 6.07) is -0.326. The topological polar surface area (TPSA) is 116 Å². The second-order valence-electron chi connectivity index (χ2n) is 3.20. The lowest BCUT2D eigenvalue weighted by Gasteiger charge is -2.03. The van der Waals surface area contributed by atoms with Crippen molar-refractivity contribution in [2.24, 2.45) is 5.73 Å². The number of rotatable bonds is 5. The Balaban J connectivity index is 2.07. The Bertz CT molecular complexity index is 425. The quantitative estimate of drug-likeness (QED) is 0.727. The number of methoxy groups -OCH3 is 1. The number of aromatic amines is 1. The summed E-state index contributed by atoms with van der Waals surface area (Å²) in [5, 5.41) is 13.7. The summed E-state index contributed by atoms with van der Waals surface area (Å²) < 4.78 is 9.94. The smallest absolute Gasteiger partial charge is 0.244 e. The Morgan fingerprint density at radius 3 is 3.19 bits per heavy atom. The van der Waals surface area contributed by atoms with Gasteiger partial charge in [0.2, 0.25) is 11.7 Å². The lowest BCUT2D eigenvalue weighted by molar-refractivity contribution is 0.182. The van der Waals surface area contributed by atoms with Gasteiger partial charge >= 0.3 is 0 Å². The first-order valence-corrected chi connectivity index (χ1v) is 4.75. The van der Waals surface area contributed by atoms with Crippen LogP contribution >= 0.6 is 0 Å². The van der Waals surface area contributed by atoms with E-state index in [-0.39, 0.29) is 6.04 Å². The van der Waals surface area contributed by atoms with E-state index in [4.69, 9.17) is 15.0 Å². The first-order valence-electron chi connectivity index (χ1n) is 4.75. The first-order chi connectivity index (χ1) is 7.81. The summed E-state index contributed by atoms with van der Waals surface area (Å²) in [6.07, 6.45) is 2.13. The summed E-state index contributed by atoms with van der Waals surface area (Å²) in [7, 11) is 1.61. The number of nitrogens with one attached hydrogen (secondary N) is 1. The molecule has 0 aromatic carbocycles. The third-order valence-corrected chi connectivity index (χ3v) is 2.04. The van der Waals surface area contributed by atoms with Crippen LogP contribution in [0, 0.1) is 0 Å². The summed E-state index contributed by atoms with van der Waals surface area (Å²) in [5.74, 6) is 0.742. The third kappa shape index (κ3) is 2.23.